The molecule has 3 rings (SSSR count). The van der Waals surface area contributed by atoms with Gasteiger partial charge in [-0.2, -0.15) is 11.3 Å². The first-order valence-electron chi connectivity index (χ1n) is 6.08. The number of aryl methyl sites for hydroxylation is 1. The zero-order valence-electron chi connectivity index (χ0n) is 10.9. The number of nitrogens with zero attached hydrogens (tertiary/aromatic N) is 2. The maximum absolute atomic E-state index is 6.34. The summed E-state index contributed by atoms with van der Waals surface area (Å²) >= 11 is 17.7. The van der Waals surface area contributed by atoms with Gasteiger partial charge < -0.3 is 0 Å². The third kappa shape index (κ3) is 2.99. The van der Waals surface area contributed by atoms with Gasteiger partial charge in [-0.15, -0.1) is 0 Å². The highest BCUT2D eigenvalue weighted by Crippen LogP contribution is 2.36. The predicted octanol–water partition coefficient (Wildman–Crippen LogP) is 6.25. The van der Waals surface area contributed by atoms with E-state index in [2.05, 4.69) is 25.9 Å². The minimum absolute atomic E-state index is 0.355. The number of aromatic nitrogens is 2. The van der Waals surface area contributed by atoms with Crippen LogP contribution in [0.25, 0.3) is 22.5 Å². The molecule has 2 heterocycles. The van der Waals surface area contributed by atoms with E-state index in [4.69, 9.17) is 23.2 Å². The van der Waals surface area contributed by atoms with Gasteiger partial charge in [-0.1, -0.05) is 51.3 Å². The molecule has 0 atom stereocenters. The topological polar surface area (TPSA) is 25.8 Å². The summed E-state index contributed by atoms with van der Waals surface area (Å²) in [5, 5.41) is 4.75. The first-order valence-corrected chi connectivity index (χ1v) is 8.57. The molecule has 0 bridgehead atoms. The van der Waals surface area contributed by atoms with E-state index in [1.54, 1.807) is 11.3 Å². The first-order chi connectivity index (χ1) is 10.1. The fourth-order valence-corrected chi connectivity index (χ4v) is 3.83. The summed E-state index contributed by atoms with van der Waals surface area (Å²) in [6.07, 6.45) is 0. The van der Waals surface area contributed by atoms with Crippen molar-refractivity contribution in [2.45, 2.75) is 6.92 Å². The van der Waals surface area contributed by atoms with E-state index in [0.717, 1.165) is 21.2 Å². The summed E-state index contributed by atoms with van der Waals surface area (Å²) in [6, 6.07) is 7.72. The van der Waals surface area contributed by atoms with Gasteiger partial charge in [0.25, 0.3) is 0 Å². The lowest BCUT2D eigenvalue weighted by atomic mass is 10.1. The minimum Gasteiger partial charge on any atom is -0.216 e. The molecule has 0 aliphatic heterocycles. The predicted molar refractivity (Wildman–Crippen MR) is 93.2 cm³/mol. The van der Waals surface area contributed by atoms with Crippen LogP contribution in [0.4, 0.5) is 0 Å². The summed E-state index contributed by atoms with van der Waals surface area (Å²) in [7, 11) is 0. The molecule has 0 unspecified atom stereocenters. The Morgan fingerprint density at radius 3 is 2.38 bits per heavy atom. The molecule has 0 amide bonds. The smallest absolute Gasteiger partial charge is 0.163 e. The Hall–Kier alpha value is -0.940. The fourth-order valence-electron chi connectivity index (χ4n) is 2.00. The molecule has 0 radical (unpaired) electrons. The lowest BCUT2D eigenvalue weighted by molar-refractivity contribution is 1.17. The van der Waals surface area contributed by atoms with Gasteiger partial charge in [0.1, 0.15) is 10.3 Å². The molecule has 0 aliphatic rings. The molecule has 0 N–H and O–H groups in total. The van der Waals surface area contributed by atoms with Gasteiger partial charge in [-0.3, -0.25) is 0 Å². The van der Waals surface area contributed by atoms with Crippen LogP contribution < -0.4 is 0 Å². The highest BCUT2D eigenvalue weighted by Gasteiger charge is 2.16. The van der Waals surface area contributed by atoms with Crippen molar-refractivity contribution in [2.24, 2.45) is 0 Å². The number of thiophene rings is 1. The Morgan fingerprint density at radius 1 is 1.10 bits per heavy atom. The summed E-state index contributed by atoms with van der Waals surface area (Å²) in [4.78, 5) is 8.81. The van der Waals surface area contributed by atoms with Crippen molar-refractivity contribution >= 4 is 50.5 Å². The molecule has 2 aromatic heterocycles. The largest absolute Gasteiger partial charge is 0.216 e. The quantitative estimate of drug-likeness (QED) is 0.476. The summed E-state index contributed by atoms with van der Waals surface area (Å²) in [6.45, 7) is 2.01. The first kappa shape index (κ1) is 15.0. The van der Waals surface area contributed by atoms with E-state index in [-0.39, 0.29) is 0 Å². The maximum Gasteiger partial charge on any atom is 0.163 e. The van der Waals surface area contributed by atoms with Crippen LogP contribution >= 0.6 is 50.5 Å². The molecule has 0 saturated heterocycles. The van der Waals surface area contributed by atoms with Gasteiger partial charge in [-0.05, 0) is 35.6 Å². The van der Waals surface area contributed by atoms with Gasteiger partial charge in [0.15, 0.2) is 5.82 Å². The maximum atomic E-state index is 6.34. The third-order valence-electron chi connectivity index (χ3n) is 3.03. The molecule has 2 nitrogen and oxygen atoms in total. The Morgan fingerprint density at radius 2 is 1.81 bits per heavy atom. The Balaban J connectivity index is 2.15. The molecule has 0 spiro atoms. The van der Waals surface area contributed by atoms with Gasteiger partial charge in [0.2, 0.25) is 0 Å². The van der Waals surface area contributed by atoms with E-state index in [9.17, 15) is 0 Å². The van der Waals surface area contributed by atoms with Crippen molar-refractivity contribution in [3.05, 3.63) is 55.4 Å². The van der Waals surface area contributed by atoms with E-state index in [1.165, 1.54) is 0 Å². The normalized spacial score (nSPS) is 10.9. The monoisotopic (exact) mass is 398 g/mol. The summed E-state index contributed by atoms with van der Waals surface area (Å²) < 4.78 is 0.949. The Kier molecular flexibility index (Phi) is 4.31. The standard InChI is InChI=1S/C15H9BrCl2N2S/c1-8-6-21-7-11(8)15-19-13(17)12(14(18)20-15)9-3-2-4-10(16)5-9/h2-7H,1H3. The molecule has 21 heavy (non-hydrogen) atoms. The SMILES string of the molecule is Cc1cscc1-c1nc(Cl)c(-c2cccc(Br)c2)c(Cl)n1. The van der Waals surface area contributed by atoms with Crippen LogP contribution in [0.3, 0.4) is 0 Å². The molecule has 0 aliphatic carbocycles. The zero-order valence-corrected chi connectivity index (χ0v) is 14.8. The molecular formula is C15H9BrCl2N2S. The molecular weight excluding hydrogens is 391 g/mol. The highest BCUT2D eigenvalue weighted by atomic mass is 79.9. The molecule has 0 fully saturated rings. The Bertz CT molecular complexity index is 794. The summed E-state index contributed by atoms with van der Waals surface area (Å²) in [5.41, 5.74) is 3.61. The van der Waals surface area contributed by atoms with Crippen LogP contribution in [0, 0.1) is 6.92 Å². The molecule has 106 valence electrons. The van der Waals surface area contributed by atoms with Crippen LogP contribution in [-0.4, -0.2) is 9.97 Å². The van der Waals surface area contributed by atoms with Crippen LogP contribution in [0.15, 0.2) is 39.5 Å². The number of hydrogen-bond acceptors (Lipinski definition) is 3. The second kappa shape index (κ2) is 6.05. The average molecular weight is 400 g/mol. The van der Waals surface area contributed by atoms with Crippen LogP contribution in [-0.2, 0) is 0 Å². The van der Waals surface area contributed by atoms with Gasteiger partial charge in [0, 0.05) is 15.4 Å². The van der Waals surface area contributed by atoms with E-state index >= 15 is 0 Å². The van der Waals surface area contributed by atoms with Crippen molar-refractivity contribution < 1.29 is 0 Å². The van der Waals surface area contributed by atoms with Gasteiger partial charge >= 0.3 is 0 Å². The van der Waals surface area contributed by atoms with Crippen molar-refractivity contribution in [2.75, 3.05) is 0 Å². The summed E-state index contributed by atoms with van der Waals surface area (Å²) in [5.74, 6) is 0.558. The van der Waals surface area contributed by atoms with Crippen LogP contribution in [0.5, 0.6) is 0 Å². The third-order valence-corrected chi connectivity index (χ3v) is 4.93. The lowest BCUT2D eigenvalue weighted by Gasteiger charge is -2.09. The van der Waals surface area contributed by atoms with E-state index in [1.807, 2.05) is 41.9 Å². The number of halogens is 3. The highest BCUT2D eigenvalue weighted by molar-refractivity contribution is 9.10. The lowest BCUT2D eigenvalue weighted by Crippen LogP contribution is -1.94. The average Bonchev–Trinajstić information content (AvgIpc) is 2.84. The second-order valence-corrected chi connectivity index (χ2v) is 6.86. The molecule has 0 saturated carbocycles. The number of benzene rings is 1. The molecule has 6 heteroatoms. The Labute approximate surface area is 144 Å². The van der Waals surface area contributed by atoms with E-state index in [0.29, 0.717) is 21.7 Å². The second-order valence-electron chi connectivity index (χ2n) is 4.48. The molecule has 1 aromatic carbocycles. The van der Waals surface area contributed by atoms with Crippen molar-refractivity contribution in [1.29, 1.82) is 0 Å². The van der Waals surface area contributed by atoms with Crippen LogP contribution in [0.2, 0.25) is 10.3 Å². The van der Waals surface area contributed by atoms with Gasteiger partial charge in [-0.25, -0.2) is 9.97 Å². The van der Waals surface area contributed by atoms with Gasteiger partial charge in [0.05, 0.1) is 5.56 Å². The van der Waals surface area contributed by atoms with E-state index < -0.39 is 0 Å². The zero-order chi connectivity index (χ0) is 15.0. The molecule has 3 aromatic rings. The minimum atomic E-state index is 0.355. The number of rotatable bonds is 2. The van der Waals surface area contributed by atoms with Crippen molar-refractivity contribution in [1.82, 2.24) is 9.97 Å². The van der Waals surface area contributed by atoms with Crippen molar-refractivity contribution in [3.8, 4) is 22.5 Å². The van der Waals surface area contributed by atoms with Crippen LogP contribution in [0.1, 0.15) is 5.56 Å². The van der Waals surface area contributed by atoms with Crippen molar-refractivity contribution in [3.63, 3.8) is 0 Å². The number of hydrogen-bond donors (Lipinski definition) is 0. The fraction of sp³-hybridized carbons (Fsp3) is 0.0667.